The largest absolute Gasteiger partial charge is 0.387 e. The fraction of sp³-hybridized carbons (Fsp3) is 0.471. The molecule has 4 rings (SSSR count). The van der Waals surface area contributed by atoms with Crippen molar-refractivity contribution in [2.24, 2.45) is 0 Å². The molecule has 0 spiro atoms. The van der Waals surface area contributed by atoms with E-state index in [4.69, 9.17) is 11.6 Å². The Kier molecular flexibility index (Phi) is 4.36. The van der Waals surface area contributed by atoms with Crippen molar-refractivity contribution in [2.75, 3.05) is 36.2 Å². The van der Waals surface area contributed by atoms with E-state index in [9.17, 15) is 22.7 Å². The smallest absolute Gasteiger partial charge is 0.248 e. The van der Waals surface area contributed by atoms with Gasteiger partial charge in [-0.1, -0.05) is 11.6 Å². The number of nitrogens with one attached hydrogen (secondary N) is 1. The van der Waals surface area contributed by atoms with Gasteiger partial charge in [0, 0.05) is 41.8 Å². The third-order valence-electron chi connectivity index (χ3n) is 5.38. The molecule has 1 saturated heterocycles. The number of rotatable bonds is 2. The van der Waals surface area contributed by atoms with E-state index in [1.165, 1.54) is 6.07 Å². The fourth-order valence-electron chi connectivity index (χ4n) is 4.10. The lowest BCUT2D eigenvalue weighted by Crippen LogP contribution is -2.40. The van der Waals surface area contributed by atoms with Gasteiger partial charge in [0.2, 0.25) is 5.91 Å². The number of aromatic nitrogens is 1. The Morgan fingerprint density at radius 3 is 2.81 bits per heavy atom. The number of carbonyl (C=O) groups is 1. The molecule has 0 bridgehead atoms. The summed E-state index contributed by atoms with van der Waals surface area (Å²) < 4.78 is 38.6. The number of halogens is 2. The van der Waals surface area contributed by atoms with Gasteiger partial charge < -0.3 is 19.9 Å². The SMILES string of the molecule is C[C@H]1c2c([nH]c3c(F)c(Cl)cc(N4CCS(=O)(=O)C4)c23)CCN1C(=O)CO. The summed E-state index contributed by atoms with van der Waals surface area (Å²) in [4.78, 5) is 18.4. The average Bonchev–Trinajstić information content (AvgIpc) is 3.19. The van der Waals surface area contributed by atoms with Gasteiger partial charge in [-0.25, -0.2) is 12.8 Å². The maximum absolute atomic E-state index is 14.7. The minimum atomic E-state index is -3.20. The van der Waals surface area contributed by atoms with E-state index in [0.29, 0.717) is 30.6 Å². The van der Waals surface area contributed by atoms with E-state index < -0.39 is 28.2 Å². The molecular formula is C17H19ClFN3O4S. The molecule has 146 valence electrons. The summed E-state index contributed by atoms with van der Waals surface area (Å²) in [6.45, 7) is 1.92. The first kappa shape index (κ1) is 18.5. The Labute approximate surface area is 160 Å². The molecule has 2 aliphatic heterocycles. The first-order valence-electron chi connectivity index (χ1n) is 8.61. The number of carbonyl (C=O) groups excluding carboxylic acids is 1. The molecule has 27 heavy (non-hydrogen) atoms. The average molecular weight is 416 g/mol. The summed E-state index contributed by atoms with van der Waals surface area (Å²) in [6, 6.07) is 1.06. The molecule has 1 aromatic heterocycles. The van der Waals surface area contributed by atoms with E-state index in [-0.39, 0.29) is 28.2 Å². The molecule has 0 saturated carbocycles. The van der Waals surface area contributed by atoms with Crippen LogP contribution in [0.4, 0.5) is 10.1 Å². The summed E-state index contributed by atoms with van der Waals surface area (Å²) in [7, 11) is -3.20. The third kappa shape index (κ3) is 2.88. The third-order valence-corrected chi connectivity index (χ3v) is 7.16. The Morgan fingerprint density at radius 1 is 1.44 bits per heavy atom. The number of hydrogen-bond acceptors (Lipinski definition) is 5. The number of sulfone groups is 1. The molecule has 2 N–H and O–H groups in total. The number of benzene rings is 1. The molecule has 0 radical (unpaired) electrons. The molecule has 2 aliphatic rings. The Hall–Kier alpha value is -1.84. The molecular weight excluding hydrogens is 397 g/mol. The Bertz CT molecular complexity index is 1050. The lowest BCUT2D eigenvalue weighted by Gasteiger charge is -2.34. The van der Waals surface area contributed by atoms with E-state index in [1.807, 2.05) is 6.92 Å². The number of aliphatic hydroxyl groups excluding tert-OH is 1. The van der Waals surface area contributed by atoms with Crippen LogP contribution in [0.15, 0.2) is 6.07 Å². The predicted molar refractivity (Wildman–Crippen MR) is 100 cm³/mol. The van der Waals surface area contributed by atoms with Crippen molar-refractivity contribution in [1.29, 1.82) is 0 Å². The number of hydrogen-bond donors (Lipinski definition) is 2. The van der Waals surface area contributed by atoms with Crippen LogP contribution in [0, 0.1) is 5.82 Å². The topological polar surface area (TPSA) is 93.7 Å². The maximum atomic E-state index is 14.7. The highest BCUT2D eigenvalue weighted by Gasteiger charge is 2.35. The molecule has 0 aliphatic carbocycles. The summed E-state index contributed by atoms with van der Waals surface area (Å²) >= 11 is 6.08. The zero-order chi connectivity index (χ0) is 19.5. The first-order chi connectivity index (χ1) is 12.7. The minimum absolute atomic E-state index is 0.0286. The van der Waals surface area contributed by atoms with Crippen LogP contribution in [-0.4, -0.2) is 60.6 Å². The number of amides is 1. The van der Waals surface area contributed by atoms with Crippen LogP contribution in [0.2, 0.25) is 5.02 Å². The number of aromatic amines is 1. The van der Waals surface area contributed by atoms with Crippen molar-refractivity contribution >= 4 is 43.9 Å². The van der Waals surface area contributed by atoms with Crippen molar-refractivity contribution in [3.63, 3.8) is 0 Å². The summed E-state index contributed by atoms with van der Waals surface area (Å²) in [6.07, 6.45) is 0.481. The van der Waals surface area contributed by atoms with Crippen LogP contribution in [0.1, 0.15) is 24.2 Å². The van der Waals surface area contributed by atoms with Crippen LogP contribution in [-0.2, 0) is 21.1 Å². The van der Waals surface area contributed by atoms with Gasteiger partial charge in [-0.3, -0.25) is 4.79 Å². The minimum Gasteiger partial charge on any atom is -0.387 e. The lowest BCUT2D eigenvalue weighted by atomic mass is 9.95. The highest BCUT2D eigenvalue weighted by Crippen LogP contribution is 2.43. The summed E-state index contributed by atoms with van der Waals surface area (Å²) in [5, 5.41) is 9.69. The van der Waals surface area contributed by atoms with Crippen LogP contribution < -0.4 is 4.90 Å². The molecule has 7 nitrogen and oxygen atoms in total. The zero-order valence-electron chi connectivity index (χ0n) is 14.6. The normalized spacial score (nSPS) is 21.7. The zero-order valence-corrected chi connectivity index (χ0v) is 16.2. The second kappa shape index (κ2) is 6.35. The molecule has 1 amide bonds. The molecule has 2 aromatic rings. The van der Waals surface area contributed by atoms with Crippen molar-refractivity contribution in [2.45, 2.75) is 19.4 Å². The molecule has 0 unspecified atom stereocenters. The van der Waals surface area contributed by atoms with E-state index >= 15 is 0 Å². The highest BCUT2D eigenvalue weighted by atomic mass is 35.5. The lowest BCUT2D eigenvalue weighted by molar-refractivity contribution is -0.136. The monoisotopic (exact) mass is 415 g/mol. The van der Waals surface area contributed by atoms with Crippen LogP contribution in [0.3, 0.4) is 0 Å². The quantitative estimate of drug-likeness (QED) is 0.776. The number of H-pyrrole nitrogens is 1. The highest BCUT2D eigenvalue weighted by molar-refractivity contribution is 7.91. The van der Waals surface area contributed by atoms with Crippen molar-refractivity contribution in [3.8, 4) is 0 Å². The van der Waals surface area contributed by atoms with Gasteiger partial charge in [0.25, 0.3) is 0 Å². The number of anilines is 1. The van der Waals surface area contributed by atoms with Crippen LogP contribution in [0.25, 0.3) is 10.9 Å². The van der Waals surface area contributed by atoms with Gasteiger partial charge >= 0.3 is 0 Å². The van der Waals surface area contributed by atoms with E-state index in [0.717, 1.165) is 11.3 Å². The Morgan fingerprint density at radius 2 is 2.19 bits per heavy atom. The standard InChI is InChI=1S/C17H19ClFN3O4S/c1-9-14-11(2-3-22(9)13(24)7-23)20-17-15(14)12(6-10(18)16(17)19)21-4-5-27(25,26)8-21/h6,9,20,23H,2-5,7-8H2,1H3/t9-/m0/s1. The van der Waals surface area contributed by atoms with Gasteiger partial charge in [-0.2, -0.15) is 0 Å². The number of aliphatic hydroxyl groups is 1. The summed E-state index contributed by atoms with van der Waals surface area (Å²) in [5.41, 5.74) is 2.30. The van der Waals surface area contributed by atoms with Gasteiger partial charge in [0.05, 0.1) is 22.3 Å². The molecule has 1 fully saturated rings. The van der Waals surface area contributed by atoms with E-state index in [2.05, 4.69) is 4.98 Å². The second-order valence-corrected chi connectivity index (χ2v) is 9.53. The van der Waals surface area contributed by atoms with Gasteiger partial charge in [0.1, 0.15) is 12.5 Å². The number of nitrogens with zero attached hydrogens (tertiary/aromatic N) is 2. The van der Waals surface area contributed by atoms with Crippen molar-refractivity contribution in [1.82, 2.24) is 9.88 Å². The van der Waals surface area contributed by atoms with Gasteiger partial charge in [-0.15, -0.1) is 0 Å². The van der Waals surface area contributed by atoms with Crippen molar-refractivity contribution < 1.29 is 22.7 Å². The molecule has 10 heteroatoms. The second-order valence-electron chi connectivity index (χ2n) is 6.97. The molecule has 1 atom stereocenters. The molecule has 3 heterocycles. The fourth-order valence-corrected chi connectivity index (χ4v) is 5.67. The van der Waals surface area contributed by atoms with E-state index in [1.54, 1.807) is 9.80 Å². The van der Waals surface area contributed by atoms with Gasteiger partial charge in [-0.05, 0) is 13.0 Å². The Balaban J connectivity index is 1.94. The molecule has 1 aromatic carbocycles. The summed E-state index contributed by atoms with van der Waals surface area (Å²) in [5.74, 6) is -1.13. The van der Waals surface area contributed by atoms with Gasteiger partial charge in [0.15, 0.2) is 15.7 Å². The predicted octanol–water partition coefficient (Wildman–Crippen LogP) is 1.59. The van der Waals surface area contributed by atoms with Crippen LogP contribution in [0.5, 0.6) is 0 Å². The van der Waals surface area contributed by atoms with Crippen LogP contribution >= 0.6 is 11.6 Å². The first-order valence-corrected chi connectivity index (χ1v) is 10.8. The number of fused-ring (bicyclic) bond motifs is 3. The maximum Gasteiger partial charge on any atom is 0.248 e. The van der Waals surface area contributed by atoms with Crippen molar-refractivity contribution in [3.05, 3.63) is 28.2 Å².